The molecule has 9 nitrogen and oxygen atoms in total. The van der Waals surface area contributed by atoms with Crippen molar-refractivity contribution in [2.24, 2.45) is 0 Å². The maximum Gasteiger partial charge on any atom is 0.472 e. The van der Waals surface area contributed by atoms with E-state index >= 15 is 0 Å². The van der Waals surface area contributed by atoms with Crippen molar-refractivity contribution in [3.05, 3.63) is 146 Å². The predicted octanol–water partition coefficient (Wildman–Crippen LogP) is 26.5. The molecule has 0 saturated carbocycles. The van der Waals surface area contributed by atoms with Gasteiger partial charge in [-0.05, 0) is 116 Å². The van der Waals surface area contributed by atoms with Gasteiger partial charge >= 0.3 is 19.8 Å². The molecule has 0 aromatic rings. The molecule has 0 rings (SSSR count). The number of unbranched alkanes of at least 4 members (excludes halogenated alkanes) is 34. The summed E-state index contributed by atoms with van der Waals surface area (Å²) in [4.78, 5) is 36.0. The minimum absolute atomic E-state index is 0.0278. The summed E-state index contributed by atoms with van der Waals surface area (Å²) < 4.78 is 34.8. The molecular weight excluding hydrogens is 1210 g/mol. The van der Waals surface area contributed by atoms with E-state index in [2.05, 4.69) is 160 Å². The lowest BCUT2D eigenvalue weighted by Gasteiger charge is -2.24. The number of esters is 2. The molecule has 96 heavy (non-hydrogen) atoms. The zero-order valence-corrected chi connectivity index (χ0v) is 63.7. The minimum Gasteiger partial charge on any atom is -0.462 e. The van der Waals surface area contributed by atoms with Crippen LogP contribution in [0.5, 0.6) is 0 Å². The van der Waals surface area contributed by atoms with E-state index in [4.69, 9.17) is 18.5 Å². The summed E-state index contributed by atoms with van der Waals surface area (Å²) in [5, 5.41) is 0. The van der Waals surface area contributed by atoms with E-state index in [1.807, 2.05) is 21.1 Å². The first kappa shape index (κ1) is 91.9. The molecule has 0 bridgehead atoms. The number of quaternary nitrogens is 1. The zero-order valence-electron chi connectivity index (χ0n) is 62.8. The molecule has 0 fully saturated rings. The van der Waals surface area contributed by atoms with E-state index < -0.39 is 26.5 Å². The number of rotatable bonds is 72. The summed E-state index contributed by atoms with van der Waals surface area (Å²) in [7, 11) is 1.48. The van der Waals surface area contributed by atoms with Crippen LogP contribution in [0.2, 0.25) is 0 Å². The van der Waals surface area contributed by atoms with Gasteiger partial charge in [-0.2, -0.15) is 0 Å². The van der Waals surface area contributed by atoms with Crippen molar-refractivity contribution in [3.63, 3.8) is 0 Å². The van der Waals surface area contributed by atoms with Crippen molar-refractivity contribution in [2.75, 3.05) is 47.5 Å². The van der Waals surface area contributed by atoms with Crippen LogP contribution in [0, 0.1) is 0 Å². The topological polar surface area (TPSA) is 108 Å². The maximum absolute atomic E-state index is 12.9. The highest BCUT2D eigenvalue weighted by molar-refractivity contribution is 7.47. The zero-order chi connectivity index (χ0) is 69.7. The molecule has 2 atom stereocenters. The second kappa shape index (κ2) is 75.1. The standard InChI is InChI=1S/C86H148NO8P/c1-6-8-10-12-14-16-18-20-22-24-26-28-30-32-34-36-38-39-40-41-42-43-44-45-46-47-49-51-53-55-57-59-61-63-65-67-69-71-73-75-77-79-86(89)95-84(83-94-96(90,91)93-81-80-87(3,4)5)82-92-85(88)78-76-74-72-70-68-66-64-62-60-58-56-54-52-50-48-37-35-33-31-29-27-25-23-21-19-17-15-13-11-9-7-2/h8-11,14-17,20-23,26-29,32-35,38-39,48,50,84H,6-7,12-13,18-19,24-25,30-31,36-37,40-47,49,51-83H2,1-5H3/p+1/b10-8-,11-9-,16-14-,17-15-,22-20-,23-21-,28-26-,29-27-,34-32-,35-33-,39-38-,50-48-. The Morgan fingerprint density at radius 2 is 0.562 bits per heavy atom. The first-order valence-electron chi connectivity index (χ1n) is 39.6. The van der Waals surface area contributed by atoms with Gasteiger partial charge in [0.1, 0.15) is 19.8 Å². The van der Waals surface area contributed by atoms with Gasteiger partial charge in [0.25, 0.3) is 0 Å². The van der Waals surface area contributed by atoms with Crippen molar-refractivity contribution in [1.29, 1.82) is 0 Å². The van der Waals surface area contributed by atoms with Crippen molar-refractivity contribution in [2.45, 2.75) is 341 Å². The number of allylic oxidation sites excluding steroid dienone is 24. The van der Waals surface area contributed by atoms with Crippen LogP contribution in [0.1, 0.15) is 335 Å². The van der Waals surface area contributed by atoms with Crippen LogP contribution < -0.4 is 0 Å². The molecule has 0 aliphatic rings. The summed E-state index contributed by atoms with van der Waals surface area (Å²) in [5.74, 6) is -0.792. The Balaban J connectivity index is 3.97. The molecule has 0 spiro atoms. The number of hydrogen-bond donors (Lipinski definition) is 1. The number of phosphoric ester groups is 1. The Kier molecular flexibility index (Phi) is 71.9. The third-order valence-corrected chi connectivity index (χ3v) is 17.8. The Morgan fingerprint density at radius 1 is 0.323 bits per heavy atom. The number of carbonyl (C=O) groups excluding carboxylic acids is 2. The lowest BCUT2D eigenvalue weighted by atomic mass is 10.0. The highest BCUT2D eigenvalue weighted by atomic mass is 31.2. The van der Waals surface area contributed by atoms with E-state index in [-0.39, 0.29) is 32.0 Å². The normalized spacial score (nSPS) is 13.9. The predicted molar refractivity (Wildman–Crippen MR) is 417 cm³/mol. The maximum atomic E-state index is 12.9. The van der Waals surface area contributed by atoms with E-state index in [9.17, 15) is 19.0 Å². The van der Waals surface area contributed by atoms with Crippen molar-refractivity contribution >= 4 is 19.8 Å². The molecule has 0 heterocycles. The second-order valence-corrected chi connectivity index (χ2v) is 28.8. The monoisotopic (exact) mass is 1360 g/mol. The Morgan fingerprint density at radius 3 is 0.833 bits per heavy atom. The van der Waals surface area contributed by atoms with Crippen molar-refractivity contribution in [3.8, 4) is 0 Å². The Labute approximate surface area is 593 Å². The van der Waals surface area contributed by atoms with Crippen LogP contribution in [0.3, 0.4) is 0 Å². The SMILES string of the molecule is CC/C=C\C/C=C\C/C=C\C/C=C\C/C=C\C/C=C\CCCCCCCCCCCCCCCCCCCCCCCCC(=O)OC(COC(=O)CCCCCCCCCCCCCC/C=C\C/C=C\C/C=C\C/C=C\C/C=C\C/C=C\CC)COP(=O)(O)OCC[N+](C)(C)C. The van der Waals surface area contributed by atoms with E-state index in [1.54, 1.807) is 0 Å². The fourth-order valence-electron chi connectivity index (χ4n) is 10.9. The van der Waals surface area contributed by atoms with Gasteiger partial charge in [0.05, 0.1) is 27.7 Å². The fourth-order valence-corrected chi connectivity index (χ4v) is 11.7. The lowest BCUT2D eigenvalue weighted by molar-refractivity contribution is -0.870. The molecule has 2 unspecified atom stereocenters. The molecule has 10 heteroatoms. The molecule has 0 radical (unpaired) electrons. The molecular formula is C86H149NO8P+. The average molecular weight is 1360 g/mol. The number of hydrogen-bond acceptors (Lipinski definition) is 7. The summed E-state index contributed by atoms with van der Waals surface area (Å²) in [6.45, 7) is 4.23. The van der Waals surface area contributed by atoms with Gasteiger partial charge in [-0.3, -0.25) is 18.6 Å². The van der Waals surface area contributed by atoms with Crippen molar-refractivity contribution in [1.82, 2.24) is 0 Å². The molecule has 0 aromatic heterocycles. The number of likely N-dealkylation sites (N-methyl/N-ethyl adjacent to an activating group) is 1. The number of phosphoric acid groups is 1. The third-order valence-electron chi connectivity index (χ3n) is 16.9. The molecule has 0 aliphatic heterocycles. The summed E-state index contributed by atoms with van der Waals surface area (Å²) >= 11 is 0. The first-order chi connectivity index (χ1) is 47.0. The highest BCUT2D eigenvalue weighted by Gasteiger charge is 2.27. The highest BCUT2D eigenvalue weighted by Crippen LogP contribution is 2.43. The van der Waals surface area contributed by atoms with Gasteiger partial charge in [-0.15, -0.1) is 0 Å². The van der Waals surface area contributed by atoms with Gasteiger partial charge in [0.2, 0.25) is 0 Å². The number of carbonyl (C=O) groups is 2. The average Bonchev–Trinajstić information content (AvgIpc) is 2.54. The van der Waals surface area contributed by atoms with Crippen LogP contribution in [-0.2, 0) is 32.7 Å². The largest absolute Gasteiger partial charge is 0.472 e. The van der Waals surface area contributed by atoms with Crippen LogP contribution >= 0.6 is 7.82 Å². The van der Waals surface area contributed by atoms with E-state index in [0.29, 0.717) is 17.4 Å². The summed E-state index contributed by atoms with van der Waals surface area (Å²) in [6, 6.07) is 0. The van der Waals surface area contributed by atoms with Crippen LogP contribution in [0.4, 0.5) is 0 Å². The molecule has 1 N–H and O–H groups in total. The summed E-state index contributed by atoms with van der Waals surface area (Å²) in [5.41, 5.74) is 0. The van der Waals surface area contributed by atoms with E-state index in [1.165, 1.54) is 193 Å². The second-order valence-electron chi connectivity index (χ2n) is 27.3. The molecule has 0 aliphatic carbocycles. The number of nitrogens with zero attached hydrogens (tertiary/aromatic N) is 1. The van der Waals surface area contributed by atoms with E-state index in [0.717, 1.165) is 109 Å². The van der Waals surface area contributed by atoms with Gasteiger partial charge < -0.3 is 18.9 Å². The lowest BCUT2D eigenvalue weighted by Crippen LogP contribution is -2.37. The molecule has 0 saturated heterocycles. The quantitative estimate of drug-likeness (QED) is 0.0211. The third kappa shape index (κ3) is 78.9. The van der Waals surface area contributed by atoms with Crippen LogP contribution in [0.25, 0.3) is 0 Å². The number of ether oxygens (including phenoxy) is 2. The fraction of sp³-hybridized carbons (Fsp3) is 0.698. The Hall–Kier alpha value is -4.11. The molecule has 0 amide bonds. The Bertz CT molecular complexity index is 2140. The van der Waals surface area contributed by atoms with Crippen molar-refractivity contribution < 1.29 is 42.1 Å². The van der Waals surface area contributed by atoms with Gasteiger partial charge in [-0.25, -0.2) is 4.57 Å². The first-order valence-corrected chi connectivity index (χ1v) is 41.1. The van der Waals surface area contributed by atoms with Crippen LogP contribution in [0.15, 0.2) is 146 Å². The molecule has 0 aromatic carbocycles. The smallest absolute Gasteiger partial charge is 0.462 e. The van der Waals surface area contributed by atoms with Gasteiger partial charge in [-0.1, -0.05) is 352 Å². The molecule has 550 valence electrons. The van der Waals surface area contributed by atoms with Gasteiger partial charge in [0, 0.05) is 12.8 Å². The summed E-state index contributed by atoms with van der Waals surface area (Å²) in [6.07, 6.45) is 111. The minimum atomic E-state index is -4.40. The van der Waals surface area contributed by atoms with Gasteiger partial charge in [0.15, 0.2) is 6.10 Å². The van der Waals surface area contributed by atoms with Crippen LogP contribution in [-0.4, -0.2) is 74.9 Å².